The number of likely N-dealkylation sites (tertiary alicyclic amines) is 2. The Kier molecular flexibility index (Phi) is 15.2. The number of carbonyl (C=O) groups is 6. The van der Waals surface area contributed by atoms with E-state index < -0.39 is 65.4 Å². The number of benzene rings is 3. The van der Waals surface area contributed by atoms with Crippen LogP contribution in [0.4, 0.5) is 10.1 Å². The Balaban J connectivity index is 0.817. The van der Waals surface area contributed by atoms with Gasteiger partial charge in [0.2, 0.25) is 11.8 Å². The molecule has 20 heteroatoms. The van der Waals surface area contributed by atoms with Crippen LogP contribution in [-0.4, -0.2) is 128 Å². The van der Waals surface area contributed by atoms with Gasteiger partial charge in [-0.2, -0.15) is 0 Å². The molecule has 18 nitrogen and oxygen atoms in total. The Morgan fingerprint density at radius 2 is 1.70 bits per heavy atom. The highest BCUT2D eigenvalue weighted by Crippen LogP contribution is 2.40. The lowest BCUT2D eigenvalue weighted by Crippen LogP contribution is -2.59. The molecule has 0 radical (unpaired) electrons. The van der Waals surface area contributed by atoms with Gasteiger partial charge >= 0.3 is 0 Å². The fourth-order valence-corrected chi connectivity index (χ4v) is 9.66. The molecule has 376 valence electrons. The molecule has 7 N–H and O–H groups in total. The first-order valence-electron chi connectivity index (χ1n) is 24.0. The lowest BCUT2D eigenvalue weighted by molar-refractivity contribution is -0.145. The fraction of sp³-hybridized carbons (Fsp3) is 0.451. The van der Waals surface area contributed by atoms with Crippen LogP contribution in [0.1, 0.15) is 97.6 Å². The summed E-state index contributed by atoms with van der Waals surface area (Å²) in [5.41, 5.74) is 3.94. The number of thiazole rings is 1. The number of imidazole rings is 1. The zero-order chi connectivity index (χ0) is 50.6. The highest BCUT2D eigenvalue weighted by Gasteiger charge is 2.53. The number of aromatic amines is 1. The second-order valence-electron chi connectivity index (χ2n) is 19.7. The largest absolute Gasteiger partial charge is 0.483 e. The van der Waals surface area contributed by atoms with Crippen LogP contribution in [0.5, 0.6) is 5.75 Å². The average Bonchev–Trinajstić information content (AvgIpc) is 3.73. The number of hydrogen-bond acceptors (Lipinski definition) is 12. The first-order chi connectivity index (χ1) is 33.8. The van der Waals surface area contributed by atoms with Crippen molar-refractivity contribution in [2.45, 2.75) is 110 Å². The molecule has 5 aromatic rings. The predicted octanol–water partition coefficient (Wildman–Crippen LogP) is 4.77. The van der Waals surface area contributed by atoms with Crippen molar-refractivity contribution in [2.24, 2.45) is 5.41 Å². The molecule has 2 saturated heterocycles. The number of hydrogen-bond donors (Lipinski definition) is 7. The van der Waals surface area contributed by atoms with E-state index in [4.69, 9.17) is 9.72 Å². The third-order valence-electron chi connectivity index (χ3n) is 13.2. The van der Waals surface area contributed by atoms with E-state index in [2.05, 4.69) is 48.4 Å². The van der Waals surface area contributed by atoms with E-state index in [9.17, 15) is 38.3 Å². The summed E-state index contributed by atoms with van der Waals surface area (Å²) in [7, 11) is 0. The molecule has 0 unspecified atom stereocenters. The van der Waals surface area contributed by atoms with Gasteiger partial charge in [-0.1, -0.05) is 32.9 Å². The van der Waals surface area contributed by atoms with Crippen molar-refractivity contribution in [1.29, 1.82) is 0 Å². The summed E-state index contributed by atoms with van der Waals surface area (Å²) in [4.78, 5) is 96.4. The van der Waals surface area contributed by atoms with Crippen LogP contribution in [0.2, 0.25) is 0 Å². The predicted molar refractivity (Wildman–Crippen MR) is 265 cm³/mol. The molecule has 3 fully saturated rings. The van der Waals surface area contributed by atoms with Crippen LogP contribution in [0, 0.1) is 12.3 Å². The SMILES string of the molecule is Cc1ncsc1-c1ccc(CNC(=O)[C@@H]2C[C@@H](O)CN2C(=O)[C@@H](NC(=O)C2(F)CC2)C(C)(C)C)c(OCC(=O)NCCNC(=O)c2ccc(C(=O)Nc3ccc4nc(CN5CCC[C@@H]5C)[nH]c4c3)cc2)c1. The van der Waals surface area contributed by atoms with Crippen molar-refractivity contribution >= 4 is 63.5 Å². The molecular formula is C51H61FN10O8S. The van der Waals surface area contributed by atoms with E-state index in [0.29, 0.717) is 34.2 Å². The van der Waals surface area contributed by atoms with E-state index in [1.54, 1.807) is 68.7 Å². The number of ether oxygens (including phenoxy) is 1. The monoisotopic (exact) mass is 992 g/mol. The van der Waals surface area contributed by atoms with Crippen molar-refractivity contribution < 1.29 is 43.0 Å². The van der Waals surface area contributed by atoms with Crippen LogP contribution in [0.15, 0.2) is 66.2 Å². The van der Waals surface area contributed by atoms with Gasteiger partial charge in [-0.3, -0.25) is 33.7 Å². The first kappa shape index (κ1) is 50.6. The number of aryl methyl sites for hydroxylation is 1. The van der Waals surface area contributed by atoms with Crippen LogP contribution in [-0.2, 0) is 32.3 Å². The number of carbonyl (C=O) groups excluding carboxylic acids is 6. The molecule has 8 rings (SSSR count). The zero-order valence-electron chi connectivity index (χ0n) is 40.5. The van der Waals surface area contributed by atoms with E-state index >= 15 is 0 Å². The second kappa shape index (κ2) is 21.3. The Bertz CT molecular complexity index is 2800. The Labute approximate surface area is 414 Å². The minimum atomic E-state index is -2.01. The maximum Gasteiger partial charge on any atom is 0.258 e. The smallest absolute Gasteiger partial charge is 0.258 e. The molecule has 1 aliphatic carbocycles. The number of aliphatic hydroxyl groups is 1. The van der Waals surface area contributed by atoms with Crippen LogP contribution < -0.4 is 31.3 Å². The van der Waals surface area contributed by atoms with Gasteiger partial charge in [0.25, 0.3) is 23.6 Å². The van der Waals surface area contributed by atoms with Gasteiger partial charge in [-0.05, 0) is 106 Å². The van der Waals surface area contributed by atoms with Gasteiger partial charge in [0.15, 0.2) is 12.3 Å². The highest BCUT2D eigenvalue weighted by molar-refractivity contribution is 7.13. The van der Waals surface area contributed by atoms with Crippen LogP contribution in [0.3, 0.4) is 0 Å². The van der Waals surface area contributed by atoms with Gasteiger partial charge in [0.1, 0.15) is 23.7 Å². The van der Waals surface area contributed by atoms with Crippen molar-refractivity contribution in [3.05, 3.63) is 94.4 Å². The van der Waals surface area contributed by atoms with Gasteiger partial charge in [-0.15, -0.1) is 11.3 Å². The third-order valence-corrected chi connectivity index (χ3v) is 14.2. The zero-order valence-corrected chi connectivity index (χ0v) is 41.3. The molecular weight excluding hydrogens is 932 g/mol. The van der Waals surface area contributed by atoms with Crippen LogP contribution >= 0.6 is 11.3 Å². The topological polar surface area (TPSA) is 240 Å². The fourth-order valence-electron chi connectivity index (χ4n) is 8.86. The molecule has 0 bridgehead atoms. The molecule has 2 aromatic heterocycles. The number of alkyl halides is 1. The number of anilines is 1. The normalized spacial score (nSPS) is 19.0. The van der Waals surface area contributed by atoms with Crippen molar-refractivity contribution in [1.82, 2.24) is 46.0 Å². The van der Waals surface area contributed by atoms with Gasteiger partial charge in [0.05, 0.1) is 39.8 Å². The maximum absolute atomic E-state index is 14.6. The number of aromatic nitrogens is 3. The lowest BCUT2D eigenvalue weighted by atomic mass is 9.85. The summed E-state index contributed by atoms with van der Waals surface area (Å²) in [5, 5.41) is 24.4. The molecule has 3 aromatic carbocycles. The van der Waals surface area contributed by atoms with Crippen LogP contribution in [0.25, 0.3) is 21.5 Å². The molecule has 0 spiro atoms. The number of β-amino-alcohol motifs (C(OH)–C–C–N with tert-alkyl or cyclic N) is 1. The van der Waals surface area contributed by atoms with Crippen molar-refractivity contribution in [2.75, 3.05) is 38.1 Å². The Hall–Kier alpha value is -6.77. The number of aliphatic hydroxyl groups excluding tert-OH is 1. The first-order valence-corrected chi connectivity index (χ1v) is 24.8. The number of rotatable bonds is 18. The quantitative estimate of drug-likeness (QED) is 0.0591. The number of amides is 6. The number of halogens is 1. The minimum absolute atomic E-state index is 0.0424. The molecule has 71 heavy (non-hydrogen) atoms. The maximum atomic E-state index is 14.6. The summed E-state index contributed by atoms with van der Waals surface area (Å²) in [6, 6.07) is 15.4. The molecule has 6 amide bonds. The number of nitrogens with zero attached hydrogens (tertiary/aromatic N) is 4. The lowest BCUT2D eigenvalue weighted by Gasteiger charge is -2.35. The molecule has 1 saturated carbocycles. The average molecular weight is 993 g/mol. The third kappa shape index (κ3) is 12.2. The van der Waals surface area contributed by atoms with E-state index in [0.717, 1.165) is 46.1 Å². The molecule has 2 aliphatic heterocycles. The van der Waals surface area contributed by atoms with Gasteiger partial charge in [0, 0.05) is 61.0 Å². The summed E-state index contributed by atoms with van der Waals surface area (Å²) < 4.78 is 20.7. The second-order valence-corrected chi connectivity index (χ2v) is 20.6. The molecule has 4 heterocycles. The molecule has 3 aliphatic rings. The Morgan fingerprint density at radius 3 is 2.38 bits per heavy atom. The van der Waals surface area contributed by atoms with Gasteiger partial charge < -0.3 is 46.3 Å². The Morgan fingerprint density at radius 1 is 0.972 bits per heavy atom. The van der Waals surface area contributed by atoms with Gasteiger partial charge in [-0.25, -0.2) is 14.4 Å². The summed E-state index contributed by atoms with van der Waals surface area (Å²) >= 11 is 1.43. The van der Waals surface area contributed by atoms with E-state index in [-0.39, 0.29) is 51.3 Å². The van der Waals surface area contributed by atoms with E-state index in [1.807, 2.05) is 25.1 Å². The summed E-state index contributed by atoms with van der Waals surface area (Å²) in [6.45, 7) is 10.7. The summed E-state index contributed by atoms with van der Waals surface area (Å²) in [5.74, 6) is -2.02. The highest BCUT2D eigenvalue weighted by atomic mass is 32.1. The van der Waals surface area contributed by atoms with Crippen molar-refractivity contribution in [3.8, 4) is 16.2 Å². The van der Waals surface area contributed by atoms with E-state index in [1.165, 1.54) is 29.1 Å². The van der Waals surface area contributed by atoms with Crippen molar-refractivity contribution in [3.63, 3.8) is 0 Å². The number of H-pyrrole nitrogens is 1. The summed E-state index contributed by atoms with van der Waals surface area (Å²) in [6.07, 6.45) is 1.48. The number of nitrogens with one attached hydrogen (secondary N) is 6. The minimum Gasteiger partial charge on any atom is -0.483 e. The molecule has 4 atom stereocenters. The number of fused-ring (bicyclic) bond motifs is 1. The standard InChI is InChI=1S/C51H61FN10O8S/c1-29-7-6-20-61(29)26-41-58-37-15-14-35(22-38(37)59-41)57-46(66)32-10-8-31(9-11-32)45(65)54-19-18-53-42(64)27-70-40-21-33(43-30(2)56-28-71-43)12-13-34(40)24-55-47(67)39-23-36(63)25-62(39)48(68)44(50(3,4)5)60-49(69)51(52)16-17-51/h8-15,21-22,28-29,36,39,44,63H,6-7,16-20,23-27H2,1-5H3,(H,53,64)(H,54,65)(H,55,67)(H,57,66)(H,58,59)(H,60,69)/t29-,36+,39-,44+/m0/s1.